The van der Waals surface area contributed by atoms with Crippen molar-refractivity contribution in [3.63, 3.8) is 0 Å². The molecule has 0 unspecified atom stereocenters. The van der Waals surface area contributed by atoms with Gasteiger partial charge in [-0.05, 0) is 76.2 Å². The Labute approximate surface area is 152 Å². The second-order valence-electron chi connectivity index (χ2n) is 4.93. The summed E-state index contributed by atoms with van der Waals surface area (Å²) in [5.41, 5.74) is 1.29. The average molecular weight is 406 g/mol. The van der Waals surface area contributed by atoms with Gasteiger partial charge in [0.1, 0.15) is 11.5 Å². The Bertz CT molecular complexity index is 848. The predicted octanol–water partition coefficient (Wildman–Crippen LogP) is 3.85. The number of hydrogen-bond donors (Lipinski definition) is 1. The van der Waals surface area contributed by atoms with Crippen molar-refractivity contribution in [1.82, 2.24) is 0 Å². The summed E-state index contributed by atoms with van der Waals surface area (Å²) in [5.74, 6) is 0.566. The molecule has 1 aliphatic rings. The molecule has 1 aliphatic heterocycles. The van der Waals surface area contributed by atoms with Gasteiger partial charge in [-0.25, -0.2) is 4.90 Å². The zero-order valence-corrected chi connectivity index (χ0v) is 14.9. The Hall–Kier alpha value is -2.38. The highest BCUT2D eigenvalue weighted by atomic mass is 79.9. The number of rotatable bonds is 3. The smallest absolute Gasteiger partial charge is 0.301 e. The average Bonchev–Trinajstić information content (AvgIpc) is 2.85. The first-order chi connectivity index (χ1) is 11.5. The van der Waals surface area contributed by atoms with Gasteiger partial charge in [-0.15, -0.1) is 0 Å². The molecule has 0 aromatic heterocycles. The van der Waals surface area contributed by atoms with Crippen molar-refractivity contribution in [3.8, 4) is 11.5 Å². The van der Waals surface area contributed by atoms with E-state index in [0.29, 0.717) is 21.5 Å². The van der Waals surface area contributed by atoms with Crippen LogP contribution in [-0.2, 0) is 9.53 Å². The van der Waals surface area contributed by atoms with E-state index in [1.54, 1.807) is 49.6 Å². The molecule has 0 atom stereocenters. The number of phenols is 1. The van der Waals surface area contributed by atoms with Gasteiger partial charge in [0.25, 0.3) is 5.17 Å². The zero-order valence-electron chi connectivity index (χ0n) is 12.5. The third kappa shape index (κ3) is 3.13. The van der Waals surface area contributed by atoms with Gasteiger partial charge < -0.3 is 14.6 Å². The van der Waals surface area contributed by atoms with E-state index in [2.05, 4.69) is 15.9 Å². The molecule has 2 aromatic rings. The van der Waals surface area contributed by atoms with Gasteiger partial charge in [0.05, 0.1) is 17.3 Å². The molecule has 3 rings (SSSR count). The summed E-state index contributed by atoms with van der Waals surface area (Å²) in [6, 6.07) is 11.8. The highest BCUT2D eigenvalue weighted by Crippen LogP contribution is 2.29. The fourth-order valence-corrected chi connectivity index (χ4v) is 2.86. The lowest BCUT2D eigenvalue weighted by molar-refractivity contribution is -0.114. The number of ether oxygens (including phenoxy) is 2. The molecule has 0 saturated carbocycles. The van der Waals surface area contributed by atoms with Crippen LogP contribution in [0.1, 0.15) is 5.56 Å². The Morgan fingerprint density at radius 1 is 1.25 bits per heavy atom. The van der Waals surface area contributed by atoms with E-state index in [-0.39, 0.29) is 22.6 Å². The van der Waals surface area contributed by atoms with Crippen molar-refractivity contribution in [2.75, 3.05) is 12.0 Å². The van der Waals surface area contributed by atoms with E-state index >= 15 is 0 Å². The number of aromatic hydroxyl groups is 1. The monoisotopic (exact) mass is 405 g/mol. The first-order valence-corrected chi connectivity index (χ1v) is 8.10. The van der Waals surface area contributed by atoms with Gasteiger partial charge in [0, 0.05) is 0 Å². The van der Waals surface area contributed by atoms with Crippen LogP contribution in [0.15, 0.2) is 52.7 Å². The normalized spacial score (nSPS) is 15.8. The van der Waals surface area contributed by atoms with Crippen LogP contribution in [0.3, 0.4) is 0 Å². The minimum atomic E-state index is -0.352. The topological polar surface area (TPSA) is 59.0 Å². The highest BCUT2D eigenvalue weighted by molar-refractivity contribution is 9.10. The first-order valence-electron chi connectivity index (χ1n) is 6.90. The molecule has 0 aliphatic carbocycles. The predicted molar refractivity (Wildman–Crippen MR) is 97.9 cm³/mol. The summed E-state index contributed by atoms with van der Waals surface area (Å²) in [6.45, 7) is 0. The number of hydrogen-bond acceptors (Lipinski definition) is 5. The van der Waals surface area contributed by atoms with E-state index in [0.717, 1.165) is 0 Å². The van der Waals surface area contributed by atoms with Crippen molar-refractivity contribution >= 4 is 51.0 Å². The minimum absolute atomic E-state index is 0.0641. The van der Waals surface area contributed by atoms with Gasteiger partial charge in [-0.1, -0.05) is 6.07 Å². The Morgan fingerprint density at radius 3 is 2.58 bits per heavy atom. The van der Waals surface area contributed by atoms with Gasteiger partial charge in [-0.3, -0.25) is 4.79 Å². The largest absolute Gasteiger partial charge is 0.507 e. The summed E-state index contributed by atoms with van der Waals surface area (Å²) >= 11 is 8.39. The van der Waals surface area contributed by atoms with Crippen LogP contribution in [-0.4, -0.2) is 23.3 Å². The fraction of sp³-hybridized carbons (Fsp3) is 0.0588. The Kier molecular flexibility index (Phi) is 4.55. The van der Waals surface area contributed by atoms with E-state index in [1.807, 2.05) is 0 Å². The summed E-state index contributed by atoms with van der Waals surface area (Å²) in [7, 11) is 1.57. The molecule has 1 amide bonds. The zero-order chi connectivity index (χ0) is 17.3. The molecule has 0 radical (unpaired) electrons. The molecule has 1 fully saturated rings. The summed E-state index contributed by atoms with van der Waals surface area (Å²) < 4.78 is 11.1. The van der Waals surface area contributed by atoms with Gasteiger partial charge in [0.15, 0.2) is 5.76 Å². The number of amides is 1. The quantitative estimate of drug-likeness (QED) is 0.620. The van der Waals surface area contributed by atoms with Crippen molar-refractivity contribution in [3.05, 3.63) is 58.3 Å². The van der Waals surface area contributed by atoms with Crippen LogP contribution in [0.2, 0.25) is 0 Å². The Morgan fingerprint density at radius 2 is 1.96 bits per heavy atom. The molecule has 5 nitrogen and oxygen atoms in total. The minimum Gasteiger partial charge on any atom is -0.507 e. The number of methoxy groups -OCH3 is 1. The molecule has 2 aromatic carbocycles. The standard InChI is InChI=1S/C17H12BrNO4S/c1-22-12-5-3-11(4-6-12)19-16(21)15(23-17(19)24)9-10-2-7-14(20)13(18)8-10/h2-9,20H,1H3/b15-9+. The number of nitrogens with zero attached hydrogens (tertiary/aromatic N) is 1. The lowest BCUT2D eigenvalue weighted by Gasteiger charge is -2.12. The summed E-state index contributed by atoms with van der Waals surface area (Å²) in [4.78, 5) is 13.9. The number of halogens is 1. The summed E-state index contributed by atoms with van der Waals surface area (Å²) in [6.07, 6.45) is 1.57. The first kappa shape index (κ1) is 16.5. The van der Waals surface area contributed by atoms with Crippen LogP contribution in [0.4, 0.5) is 5.69 Å². The molecular formula is C17H12BrNO4S. The molecule has 7 heteroatoms. The third-order valence-electron chi connectivity index (χ3n) is 3.39. The molecular weight excluding hydrogens is 394 g/mol. The maximum Gasteiger partial charge on any atom is 0.301 e. The van der Waals surface area contributed by atoms with Crippen molar-refractivity contribution in [2.45, 2.75) is 0 Å². The maximum atomic E-state index is 12.6. The van der Waals surface area contributed by atoms with Crippen molar-refractivity contribution in [2.24, 2.45) is 0 Å². The molecule has 0 bridgehead atoms. The number of thiocarbonyl (C=S) groups is 1. The van der Waals surface area contributed by atoms with E-state index in [9.17, 15) is 9.90 Å². The molecule has 122 valence electrons. The van der Waals surface area contributed by atoms with Crippen molar-refractivity contribution in [1.29, 1.82) is 0 Å². The van der Waals surface area contributed by atoms with Crippen LogP contribution in [0.25, 0.3) is 6.08 Å². The fourth-order valence-electron chi connectivity index (χ4n) is 2.19. The molecule has 1 heterocycles. The highest BCUT2D eigenvalue weighted by Gasteiger charge is 2.34. The van der Waals surface area contributed by atoms with Crippen LogP contribution >= 0.6 is 28.1 Å². The number of anilines is 1. The third-order valence-corrected chi connectivity index (χ3v) is 4.29. The van der Waals surface area contributed by atoms with Crippen LogP contribution < -0.4 is 9.64 Å². The van der Waals surface area contributed by atoms with E-state index < -0.39 is 0 Å². The molecule has 1 saturated heterocycles. The Balaban J connectivity index is 1.90. The van der Waals surface area contributed by atoms with E-state index in [1.165, 1.54) is 11.0 Å². The SMILES string of the molecule is COc1ccc(N2C(=O)/C(=C\c3ccc(O)c(Br)c3)OC2=S)cc1. The van der Waals surface area contributed by atoms with Crippen molar-refractivity contribution < 1.29 is 19.4 Å². The maximum absolute atomic E-state index is 12.6. The molecule has 0 spiro atoms. The lowest BCUT2D eigenvalue weighted by atomic mass is 10.2. The summed E-state index contributed by atoms with van der Waals surface area (Å²) in [5, 5.41) is 9.59. The van der Waals surface area contributed by atoms with E-state index in [4.69, 9.17) is 21.7 Å². The van der Waals surface area contributed by atoms with Gasteiger partial charge in [0.2, 0.25) is 0 Å². The van der Waals surface area contributed by atoms with Crippen LogP contribution in [0.5, 0.6) is 11.5 Å². The number of benzene rings is 2. The van der Waals surface area contributed by atoms with Gasteiger partial charge >= 0.3 is 5.91 Å². The lowest BCUT2D eigenvalue weighted by Crippen LogP contribution is -2.27. The van der Waals surface area contributed by atoms with Gasteiger partial charge in [-0.2, -0.15) is 0 Å². The van der Waals surface area contributed by atoms with Crippen LogP contribution in [0, 0.1) is 0 Å². The molecule has 24 heavy (non-hydrogen) atoms. The number of phenolic OH excluding ortho intramolecular Hbond substituents is 1. The number of carbonyl (C=O) groups excluding carboxylic acids is 1. The second kappa shape index (κ2) is 6.62. The second-order valence-corrected chi connectivity index (χ2v) is 6.13. The molecule has 1 N–H and O–H groups in total. The number of carbonyl (C=O) groups is 1.